The number of benzene rings is 1. The fourth-order valence-electron chi connectivity index (χ4n) is 1.59. The predicted molar refractivity (Wildman–Crippen MR) is 51.0 cm³/mol. The van der Waals surface area contributed by atoms with E-state index in [9.17, 15) is 8.78 Å². The molecular weight excluding hydrogens is 186 g/mol. The highest BCUT2D eigenvalue weighted by Crippen LogP contribution is 2.24. The summed E-state index contributed by atoms with van der Waals surface area (Å²) >= 11 is 0. The van der Waals surface area contributed by atoms with Gasteiger partial charge in [-0.05, 0) is 30.7 Å². The molecule has 1 heterocycles. The van der Waals surface area contributed by atoms with Crippen LogP contribution < -0.4 is 5.73 Å². The SMILES string of the molecule is NCCc1c[nH]c2c(F)ccc(F)c12. The van der Waals surface area contributed by atoms with Gasteiger partial charge in [-0.1, -0.05) is 0 Å². The van der Waals surface area contributed by atoms with Gasteiger partial charge in [0, 0.05) is 11.6 Å². The van der Waals surface area contributed by atoms with E-state index in [2.05, 4.69) is 4.98 Å². The molecule has 0 atom stereocenters. The Hall–Kier alpha value is -1.42. The molecule has 2 nitrogen and oxygen atoms in total. The smallest absolute Gasteiger partial charge is 0.147 e. The molecule has 2 rings (SSSR count). The second-order valence-corrected chi connectivity index (χ2v) is 3.13. The van der Waals surface area contributed by atoms with Crippen molar-refractivity contribution in [3.05, 3.63) is 35.5 Å². The molecule has 3 N–H and O–H groups in total. The Labute approximate surface area is 79.7 Å². The van der Waals surface area contributed by atoms with Crippen molar-refractivity contribution in [2.24, 2.45) is 5.73 Å². The van der Waals surface area contributed by atoms with Crippen LogP contribution in [0.2, 0.25) is 0 Å². The summed E-state index contributed by atoms with van der Waals surface area (Å²) in [6.07, 6.45) is 2.14. The lowest BCUT2D eigenvalue weighted by atomic mass is 10.1. The van der Waals surface area contributed by atoms with Crippen molar-refractivity contribution >= 4 is 10.9 Å². The van der Waals surface area contributed by atoms with Crippen LogP contribution in [-0.2, 0) is 6.42 Å². The van der Waals surface area contributed by atoms with Crippen molar-refractivity contribution in [3.8, 4) is 0 Å². The molecule has 2 aromatic rings. The Bertz CT molecular complexity index is 462. The van der Waals surface area contributed by atoms with E-state index in [4.69, 9.17) is 5.73 Å². The summed E-state index contributed by atoms with van der Waals surface area (Å²) in [5, 5.41) is 0.315. The lowest BCUT2D eigenvalue weighted by Crippen LogP contribution is -2.02. The molecule has 74 valence electrons. The van der Waals surface area contributed by atoms with E-state index in [1.54, 1.807) is 6.20 Å². The van der Waals surface area contributed by atoms with Gasteiger partial charge < -0.3 is 10.7 Å². The molecule has 0 radical (unpaired) electrons. The van der Waals surface area contributed by atoms with Crippen LogP contribution in [0.15, 0.2) is 18.3 Å². The first kappa shape index (κ1) is 9.15. The Balaban J connectivity index is 2.70. The van der Waals surface area contributed by atoms with Crippen molar-refractivity contribution in [1.29, 1.82) is 0 Å². The first-order chi connectivity index (χ1) is 6.74. The van der Waals surface area contributed by atoms with Crippen LogP contribution in [0.25, 0.3) is 10.9 Å². The lowest BCUT2D eigenvalue weighted by molar-refractivity contribution is 0.616. The molecule has 0 spiro atoms. The van der Waals surface area contributed by atoms with E-state index in [1.807, 2.05) is 0 Å². The Morgan fingerprint density at radius 3 is 2.64 bits per heavy atom. The van der Waals surface area contributed by atoms with Gasteiger partial charge in [0.1, 0.15) is 11.6 Å². The summed E-state index contributed by atoms with van der Waals surface area (Å²) in [5.74, 6) is -0.851. The monoisotopic (exact) mass is 196 g/mol. The third kappa shape index (κ3) is 1.28. The van der Waals surface area contributed by atoms with Gasteiger partial charge in [0.2, 0.25) is 0 Å². The molecule has 14 heavy (non-hydrogen) atoms. The first-order valence-corrected chi connectivity index (χ1v) is 4.38. The van der Waals surface area contributed by atoms with Gasteiger partial charge in [-0.15, -0.1) is 0 Å². The Morgan fingerprint density at radius 1 is 1.21 bits per heavy atom. The molecule has 4 heteroatoms. The maximum atomic E-state index is 13.4. The fourth-order valence-corrected chi connectivity index (χ4v) is 1.59. The largest absolute Gasteiger partial charge is 0.358 e. The molecule has 1 aromatic heterocycles. The highest BCUT2D eigenvalue weighted by molar-refractivity contribution is 5.84. The summed E-state index contributed by atoms with van der Waals surface area (Å²) in [6.45, 7) is 0.420. The minimum Gasteiger partial charge on any atom is -0.358 e. The van der Waals surface area contributed by atoms with Crippen LogP contribution in [0.3, 0.4) is 0 Å². The predicted octanol–water partition coefficient (Wildman–Crippen LogP) is 1.95. The minimum absolute atomic E-state index is 0.216. The second kappa shape index (κ2) is 3.38. The number of fused-ring (bicyclic) bond motifs is 1. The molecule has 0 saturated carbocycles. The van der Waals surface area contributed by atoms with Gasteiger partial charge in [0.25, 0.3) is 0 Å². The third-order valence-electron chi connectivity index (χ3n) is 2.23. The Kier molecular flexibility index (Phi) is 2.21. The summed E-state index contributed by atoms with van der Waals surface area (Å²) in [6, 6.07) is 2.24. The number of nitrogens with two attached hydrogens (primary N) is 1. The molecule has 0 aliphatic carbocycles. The fraction of sp³-hybridized carbons (Fsp3) is 0.200. The van der Waals surface area contributed by atoms with Gasteiger partial charge in [0.15, 0.2) is 0 Å². The van der Waals surface area contributed by atoms with Gasteiger partial charge in [0.05, 0.1) is 5.52 Å². The molecule has 0 bridgehead atoms. The average molecular weight is 196 g/mol. The summed E-state index contributed by atoms with van der Waals surface area (Å²) in [5.41, 5.74) is 6.31. The van der Waals surface area contributed by atoms with E-state index in [0.717, 1.165) is 17.7 Å². The molecular formula is C10H10F2N2. The molecule has 1 aromatic carbocycles. The average Bonchev–Trinajstić information content (AvgIpc) is 2.58. The quantitative estimate of drug-likeness (QED) is 0.757. The normalized spacial score (nSPS) is 11.1. The van der Waals surface area contributed by atoms with E-state index in [1.165, 1.54) is 0 Å². The highest BCUT2D eigenvalue weighted by Gasteiger charge is 2.11. The van der Waals surface area contributed by atoms with E-state index in [0.29, 0.717) is 18.4 Å². The number of nitrogens with one attached hydrogen (secondary N) is 1. The standard InChI is InChI=1S/C10H10F2N2/c11-7-1-2-8(12)10-9(7)6(3-4-13)5-14-10/h1-2,5,14H,3-4,13H2. The van der Waals surface area contributed by atoms with Gasteiger partial charge in [-0.2, -0.15) is 0 Å². The number of aromatic amines is 1. The zero-order valence-corrected chi connectivity index (χ0v) is 7.48. The Morgan fingerprint density at radius 2 is 1.93 bits per heavy atom. The summed E-state index contributed by atoms with van der Waals surface area (Å²) < 4.78 is 26.5. The van der Waals surface area contributed by atoms with Crippen LogP contribution >= 0.6 is 0 Å². The van der Waals surface area contributed by atoms with Gasteiger partial charge in [-0.25, -0.2) is 8.78 Å². The van der Waals surface area contributed by atoms with Crippen LogP contribution in [-0.4, -0.2) is 11.5 Å². The van der Waals surface area contributed by atoms with Crippen molar-refractivity contribution in [2.45, 2.75) is 6.42 Å². The molecule has 0 aliphatic rings. The minimum atomic E-state index is -0.440. The lowest BCUT2D eigenvalue weighted by Gasteiger charge is -1.98. The van der Waals surface area contributed by atoms with Crippen LogP contribution in [0.1, 0.15) is 5.56 Å². The molecule has 0 aliphatic heterocycles. The molecule has 0 unspecified atom stereocenters. The van der Waals surface area contributed by atoms with Crippen molar-refractivity contribution < 1.29 is 8.78 Å². The zero-order valence-electron chi connectivity index (χ0n) is 7.48. The zero-order chi connectivity index (χ0) is 10.1. The number of aromatic nitrogens is 1. The summed E-state index contributed by atoms with van der Waals surface area (Å²) in [4.78, 5) is 2.71. The molecule has 0 saturated heterocycles. The number of hydrogen-bond acceptors (Lipinski definition) is 1. The van der Waals surface area contributed by atoms with Crippen molar-refractivity contribution in [1.82, 2.24) is 4.98 Å². The summed E-state index contributed by atoms with van der Waals surface area (Å²) in [7, 11) is 0. The van der Waals surface area contributed by atoms with E-state index >= 15 is 0 Å². The van der Waals surface area contributed by atoms with E-state index < -0.39 is 11.6 Å². The highest BCUT2D eigenvalue weighted by atomic mass is 19.1. The van der Waals surface area contributed by atoms with Crippen LogP contribution in [0, 0.1) is 11.6 Å². The van der Waals surface area contributed by atoms with E-state index in [-0.39, 0.29) is 5.52 Å². The van der Waals surface area contributed by atoms with Crippen LogP contribution in [0.5, 0.6) is 0 Å². The number of halogens is 2. The second-order valence-electron chi connectivity index (χ2n) is 3.13. The topological polar surface area (TPSA) is 41.8 Å². The van der Waals surface area contributed by atoms with Crippen molar-refractivity contribution in [3.63, 3.8) is 0 Å². The molecule has 0 fully saturated rings. The van der Waals surface area contributed by atoms with Gasteiger partial charge >= 0.3 is 0 Å². The maximum Gasteiger partial charge on any atom is 0.147 e. The van der Waals surface area contributed by atoms with Crippen molar-refractivity contribution in [2.75, 3.05) is 6.54 Å². The van der Waals surface area contributed by atoms with Crippen LogP contribution in [0.4, 0.5) is 8.78 Å². The maximum absolute atomic E-state index is 13.4. The third-order valence-corrected chi connectivity index (χ3v) is 2.23. The number of H-pyrrole nitrogens is 1. The number of hydrogen-bond donors (Lipinski definition) is 2. The van der Waals surface area contributed by atoms with Gasteiger partial charge in [-0.3, -0.25) is 0 Å². The molecule has 0 amide bonds. The number of rotatable bonds is 2. The first-order valence-electron chi connectivity index (χ1n) is 4.38.